The van der Waals surface area contributed by atoms with Crippen LogP contribution in [0, 0.1) is 0 Å². The Morgan fingerprint density at radius 1 is 1.26 bits per heavy atom. The first-order valence-corrected chi connectivity index (χ1v) is 7.25. The topological polar surface area (TPSA) is 24.5 Å². The van der Waals surface area contributed by atoms with Gasteiger partial charge in [-0.1, -0.05) is 37.3 Å². The second kappa shape index (κ2) is 9.96. The maximum atomic E-state index is 5.05. The molecule has 0 aliphatic heterocycles. The molecule has 3 nitrogen and oxygen atoms in total. The van der Waals surface area contributed by atoms with Gasteiger partial charge in [0, 0.05) is 32.8 Å². The minimum atomic E-state index is 0.549. The third kappa shape index (κ3) is 6.71. The number of ether oxygens (including phenoxy) is 1. The predicted octanol–water partition coefficient (Wildman–Crippen LogP) is 2.52. The van der Waals surface area contributed by atoms with E-state index in [4.69, 9.17) is 4.74 Å². The van der Waals surface area contributed by atoms with Crippen LogP contribution in [0.2, 0.25) is 0 Å². The fourth-order valence-electron chi connectivity index (χ4n) is 2.18. The summed E-state index contributed by atoms with van der Waals surface area (Å²) in [5, 5.41) is 3.50. The summed E-state index contributed by atoms with van der Waals surface area (Å²) in [4.78, 5) is 2.50. The number of hydrogen-bond donors (Lipinski definition) is 1. The van der Waals surface area contributed by atoms with Gasteiger partial charge in [0.15, 0.2) is 0 Å². The van der Waals surface area contributed by atoms with Crippen molar-refractivity contribution in [2.75, 3.05) is 33.4 Å². The summed E-state index contributed by atoms with van der Waals surface area (Å²) in [5.74, 6) is 0. The molecular weight excluding hydrogens is 236 g/mol. The van der Waals surface area contributed by atoms with Gasteiger partial charge in [-0.3, -0.25) is 4.90 Å². The number of hydrogen-bond acceptors (Lipinski definition) is 3. The largest absolute Gasteiger partial charge is 0.385 e. The maximum absolute atomic E-state index is 5.05. The number of benzene rings is 1. The Labute approximate surface area is 118 Å². The van der Waals surface area contributed by atoms with E-state index < -0.39 is 0 Å². The van der Waals surface area contributed by atoms with E-state index in [1.54, 1.807) is 7.11 Å². The lowest BCUT2D eigenvalue weighted by atomic mass is 10.2. The molecule has 19 heavy (non-hydrogen) atoms. The van der Waals surface area contributed by atoms with Gasteiger partial charge in [0.2, 0.25) is 0 Å². The Balaban J connectivity index is 2.29. The molecule has 3 heteroatoms. The van der Waals surface area contributed by atoms with Crippen molar-refractivity contribution in [2.24, 2.45) is 0 Å². The van der Waals surface area contributed by atoms with Crippen molar-refractivity contribution in [3.05, 3.63) is 35.9 Å². The van der Waals surface area contributed by atoms with E-state index in [-0.39, 0.29) is 0 Å². The van der Waals surface area contributed by atoms with E-state index in [1.807, 2.05) is 0 Å². The van der Waals surface area contributed by atoms with Gasteiger partial charge in [-0.25, -0.2) is 0 Å². The predicted molar refractivity (Wildman–Crippen MR) is 81.4 cm³/mol. The quantitative estimate of drug-likeness (QED) is 0.657. The van der Waals surface area contributed by atoms with Gasteiger partial charge in [0.05, 0.1) is 0 Å². The van der Waals surface area contributed by atoms with E-state index in [0.29, 0.717) is 6.04 Å². The van der Waals surface area contributed by atoms with Crippen molar-refractivity contribution in [1.29, 1.82) is 0 Å². The van der Waals surface area contributed by atoms with Gasteiger partial charge in [-0.15, -0.1) is 0 Å². The Bertz CT molecular complexity index is 316. The van der Waals surface area contributed by atoms with Crippen LogP contribution in [-0.4, -0.2) is 44.3 Å². The van der Waals surface area contributed by atoms with Crippen molar-refractivity contribution in [1.82, 2.24) is 10.2 Å². The minimum absolute atomic E-state index is 0.549. The van der Waals surface area contributed by atoms with Crippen molar-refractivity contribution in [2.45, 2.75) is 32.9 Å². The zero-order valence-electron chi connectivity index (χ0n) is 12.6. The molecule has 0 amide bonds. The molecule has 0 spiro atoms. The number of nitrogens with one attached hydrogen (secondary N) is 1. The van der Waals surface area contributed by atoms with E-state index in [2.05, 4.69) is 54.4 Å². The van der Waals surface area contributed by atoms with Crippen molar-refractivity contribution in [3.63, 3.8) is 0 Å². The summed E-state index contributed by atoms with van der Waals surface area (Å²) >= 11 is 0. The zero-order valence-corrected chi connectivity index (χ0v) is 12.6. The van der Waals surface area contributed by atoms with Crippen LogP contribution in [0.1, 0.15) is 25.8 Å². The molecule has 0 saturated carbocycles. The van der Waals surface area contributed by atoms with Crippen LogP contribution in [0.5, 0.6) is 0 Å². The lowest BCUT2D eigenvalue weighted by Crippen LogP contribution is -2.40. The summed E-state index contributed by atoms with van der Waals surface area (Å²) in [6.45, 7) is 9.52. The van der Waals surface area contributed by atoms with Crippen LogP contribution in [0.15, 0.2) is 30.3 Å². The fourth-order valence-corrected chi connectivity index (χ4v) is 2.18. The summed E-state index contributed by atoms with van der Waals surface area (Å²) in [7, 11) is 1.75. The average molecular weight is 264 g/mol. The number of nitrogens with zero attached hydrogens (tertiary/aromatic N) is 1. The highest BCUT2D eigenvalue weighted by Gasteiger charge is 2.11. The van der Waals surface area contributed by atoms with Crippen molar-refractivity contribution in [3.8, 4) is 0 Å². The fraction of sp³-hybridized carbons (Fsp3) is 0.625. The summed E-state index contributed by atoms with van der Waals surface area (Å²) in [6, 6.07) is 11.2. The lowest BCUT2D eigenvalue weighted by molar-refractivity contribution is 0.187. The number of rotatable bonds is 10. The Morgan fingerprint density at radius 3 is 2.63 bits per heavy atom. The van der Waals surface area contributed by atoms with E-state index in [1.165, 1.54) is 5.56 Å². The minimum Gasteiger partial charge on any atom is -0.385 e. The summed E-state index contributed by atoms with van der Waals surface area (Å²) in [6.07, 6.45) is 1.08. The highest BCUT2D eigenvalue weighted by molar-refractivity contribution is 5.14. The van der Waals surface area contributed by atoms with Gasteiger partial charge < -0.3 is 10.1 Å². The van der Waals surface area contributed by atoms with Gasteiger partial charge in [-0.2, -0.15) is 0 Å². The molecule has 1 rings (SSSR count). The molecule has 1 N–H and O–H groups in total. The van der Waals surface area contributed by atoms with Crippen molar-refractivity contribution >= 4 is 0 Å². The van der Waals surface area contributed by atoms with Crippen LogP contribution < -0.4 is 5.32 Å². The molecule has 0 bridgehead atoms. The Kier molecular flexibility index (Phi) is 8.47. The molecule has 108 valence electrons. The van der Waals surface area contributed by atoms with Crippen LogP contribution >= 0.6 is 0 Å². The summed E-state index contributed by atoms with van der Waals surface area (Å²) in [5.41, 5.74) is 1.38. The zero-order chi connectivity index (χ0) is 13.9. The second-order valence-corrected chi connectivity index (χ2v) is 4.95. The highest BCUT2D eigenvalue weighted by Crippen LogP contribution is 2.07. The van der Waals surface area contributed by atoms with Crippen LogP contribution in [0.4, 0.5) is 0 Å². The highest BCUT2D eigenvalue weighted by atomic mass is 16.5. The van der Waals surface area contributed by atoms with Gasteiger partial charge in [0.25, 0.3) is 0 Å². The Hall–Kier alpha value is -0.900. The van der Waals surface area contributed by atoms with Crippen molar-refractivity contribution < 1.29 is 4.74 Å². The smallest absolute Gasteiger partial charge is 0.0474 e. The molecule has 0 radical (unpaired) electrons. The number of likely N-dealkylation sites (N-methyl/N-ethyl adjacent to an activating group) is 1. The first kappa shape index (κ1) is 16.2. The Morgan fingerprint density at radius 2 is 2.00 bits per heavy atom. The SMILES string of the molecule is CCN(Cc1ccccc1)C(C)CNCCCOC. The van der Waals surface area contributed by atoms with Crippen LogP contribution in [0.25, 0.3) is 0 Å². The van der Waals surface area contributed by atoms with Crippen LogP contribution in [0.3, 0.4) is 0 Å². The molecule has 0 fully saturated rings. The maximum Gasteiger partial charge on any atom is 0.0474 e. The molecule has 0 aliphatic rings. The molecule has 0 aromatic heterocycles. The molecule has 1 aromatic rings. The lowest BCUT2D eigenvalue weighted by Gasteiger charge is -2.28. The average Bonchev–Trinajstić information content (AvgIpc) is 2.45. The van der Waals surface area contributed by atoms with Gasteiger partial charge >= 0.3 is 0 Å². The second-order valence-electron chi connectivity index (χ2n) is 4.95. The standard InChI is InChI=1S/C16H28N2O/c1-4-18(14-16-9-6-5-7-10-16)15(2)13-17-11-8-12-19-3/h5-7,9-10,15,17H,4,8,11-14H2,1-3H3. The normalized spacial score (nSPS) is 12.8. The first-order valence-electron chi connectivity index (χ1n) is 7.25. The first-order chi connectivity index (χ1) is 9.27. The molecule has 1 aromatic carbocycles. The summed E-state index contributed by atoms with van der Waals surface area (Å²) < 4.78 is 5.05. The van der Waals surface area contributed by atoms with E-state index in [0.717, 1.165) is 39.2 Å². The molecule has 0 saturated heterocycles. The molecule has 0 aliphatic carbocycles. The molecule has 0 heterocycles. The third-order valence-corrected chi connectivity index (χ3v) is 3.40. The third-order valence-electron chi connectivity index (χ3n) is 3.40. The molecule has 1 unspecified atom stereocenters. The molecular formula is C16H28N2O. The monoisotopic (exact) mass is 264 g/mol. The number of methoxy groups -OCH3 is 1. The molecule has 1 atom stereocenters. The van der Waals surface area contributed by atoms with E-state index in [9.17, 15) is 0 Å². The van der Waals surface area contributed by atoms with Gasteiger partial charge in [-0.05, 0) is 32.0 Å². The van der Waals surface area contributed by atoms with Crippen LogP contribution in [-0.2, 0) is 11.3 Å². The van der Waals surface area contributed by atoms with Gasteiger partial charge in [0.1, 0.15) is 0 Å². The van der Waals surface area contributed by atoms with E-state index >= 15 is 0 Å².